The molecule has 0 aliphatic rings. The lowest BCUT2D eigenvalue weighted by Gasteiger charge is -2.04. The predicted molar refractivity (Wildman–Crippen MR) is 57.4 cm³/mol. The number of hydrogen-bond acceptors (Lipinski definition) is 4. The summed E-state index contributed by atoms with van der Waals surface area (Å²) in [5.41, 5.74) is 0.553. The fraction of sp³-hybridized carbons (Fsp3) is 0.100. The summed E-state index contributed by atoms with van der Waals surface area (Å²) in [7, 11) is 1.59. The Labute approximate surface area is 90.1 Å². The van der Waals surface area contributed by atoms with Crippen LogP contribution in [-0.2, 0) is 0 Å². The van der Waals surface area contributed by atoms with Gasteiger partial charge in [0.1, 0.15) is 11.8 Å². The van der Waals surface area contributed by atoms with Crippen LogP contribution in [0.15, 0.2) is 23.6 Å². The maximum Gasteiger partial charge on any atom is 0.138 e. The molecule has 0 aliphatic heterocycles. The van der Waals surface area contributed by atoms with E-state index in [0.717, 1.165) is 15.8 Å². The number of amides is 1. The molecule has 0 bridgehead atoms. The molecule has 1 heterocycles. The van der Waals surface area contributed by atoms with Crippen LogP contribution in [0.5, 0.6) is 5.75 Å². The van der Waals surface area contributed by atoms with Crippen LogP contribution in [0, 0.1) is 0 Å². The molecule has 78 valence electrons. The molecule has 0 fully saturated rings. The van der Waals surface area contributed by atoms with E-state index < -0.39 is 6.09 Å². The zero-order chi connectivity index (χ0) is 10.8. The van der Waals surface area contributed by atoms with E-state index in [1.807, 2.05) is 12.1 Å². The minimum absolute atomic E-state index is 0.553. The Morgan fingerprint density at radius 1 is 1.53 bits per heavy atom. The Morgan fingerprint density at radius 2 is 2.33 bits per heavy atom. The molecule has 0 radical (unpaired) electrons. The third kappa shape index (κ3) is 1.87. The van der Waals surface area contributed by atoms with Gasteiger partial charge >= 0.3 is 0 Å². The molecule has 4 nitrogen and oxygen atoms in total. The molecule has 15 heavy (non-hydrogen) atoms. The van der Waals surface area contributed by atoms with Crippen LogP contribution in [0.25, 0.3) is 10.1 Å². The zero-order valence-electron chi connectivity index (χ0n) is 7.94. The van der Waals surface area contributed by atoms with E-state index in [9.17, 15) is 9.90 Å². The minimum atomic E-state index is -1.30. The number of benzene rings is 1. The second kappa shape index (κ2) is 3.78. The first kappa shape index (κ1) is 9.79. The number of hydrogen-bond donors (Lipinski definition) is 1. The Balaban J connectivity index is 2.47. The summed E-state index contributed by atoms with van der Waals surface area (Å²) < 4.78 is 6.04. The van der Waals surface area contributed by atoms with E-state index in [1.165, 1.54) is 11.3 Å². The largest absolute Gasteiger partial charge is 0.530 e. The monoisotopic (exact) mass is 222 g/mol. The Bertz CT molecular complexity index is 506. The summed E-state index contributed by atoms with van der Waals surface area (Å²) in [5, 5.41) is 15.2. The molecule has 1 amide bonds. The van der Waals surface area contributed by atoms with Crippen LogP contribution in [0.2, 0.25) is 0 Å². The lowest BCUT2D eigenvalue weighted by molar-refractivity contribution is -0.242. The van der Waals surface area contributed by atoms with Crippen LogP contribution in [0.3, 0.4) is 0 Å². The van der Waals surface area contributed by atoms with Crippen molar-refractivity contribution in [1.29, 1.82) is 0 Å². The average Bonchev–Trinajstić information content (AvgIpc) is 2.60. The summed E-state index contributed by atoms with van der Waals surface area (Å²) in [6, 6.07) is 5.46. The van der Waals surface area contributed by atoms with Crippen LogP contribution in [0.4, 0.5) is 10.5 Å². The van der Waals surface area contributed by atoms with Gasteiger partial charge in [0, 0.05) is 15.5 Å². The number of anilines is 1. The van der Waals surface area contributed by atoms with Gasteiger partial charge < -0.3 is 20.0 Å². The van der Waals surface area contributed by atoms with E-state index in [0.29, 0.717) is 5.69 Å². The van der Waals surface area contributed by atoms with E-state index in [2.05, 4.69) is 5.32 Å². The lowest BCUT2D eigenvalue weighted by atomic mass is 10.2. The third-order valence-electron chi connectivity index (χ3n) is 2.02. The molecule has 2 rings (SSSR count). The predicted octanol–water partition coefficient (Wildman–Crippen LogP) is 1.67. The first-order valence-corrected chi connectivity index (χ1v) is 5.12. The normalized spacial score (nSPS) is 10.2. The molecule has 0 unspecified atom stereocenters. The summed E-state index contributed by atoms with van der Waals surface area (Å²) >= 11 is 1.45. The molecule has 1 aromatic carbocycles. The standard InChI is InChI=1S/C10H9NO3S/c1-14-6-2-3-7-8(11-10(12)13)5-15-9(7)4-6/h2-5,11H,1H3,(H,12,13)/p-1. The quantitative estimate of drug-likeness (QED) is 0.840. The Kier molecular flexibility index (Phi) is 2.47. The van der Waals surface area contributed by atoms with Crippen LogP contribution < -0.4 is 15.2 Å². The average molecular weight is 222 g/mol. The molecule has 5 heteroatoms. The Morgan fingerprint density at radius 3 is 3.00 bits per heavy atom. The number of fused-ring (bicyclic) bond motifs is 1. The maximum atomic E-state index is 10.4. The van der Waals surface area contributed by atoms with E-state index in [-0.39, 0.29) is 0 Å². The van der Waals surface area contributed by atoms with Crippen molar-refractivity contribution in [3.63, 3.8) is 0 Å². The molecule has 0 saturated carbocycles. The highest BCUT2D eigenvalue weighted by atomic mass is 32.1. The highest BCUT2D eigenvalue weighted by molar-refractivity contribution is 7.17. The van der Waals surface area contributed by atoms with Crippen molar-refractivity contribution in [3.05, 3.63) is 23.6 Å². The lowest BCUT2D eigenvalue weighted by Crippen LogP contribution is -2.28. The first-order chi connectivity index (χ1) is 7.20. The Hall–Kier alpha value is -1.75. The summed E-state index contributed by atoms with van der Waals surface area (Å²) in [4.78, 5) is 10.4. The molecular formula is C10H8NO3S-. The maximum absolute atomic E-state index is 10.4. The second-order valence-corrected chi connectivity index (χ2v) is 3.84. The van der Waals surface area contributed by atoms with Crippen molar-refractivity contribution in [2.75, 3.05) is 12.4 Å². The van der Waals surface area contributed by atoms with Gasteiger partial charge in [0.2, 0.25) is 0 Å². The number of carbonyl (C=O) groups is 1. The highest BCUT2D eigenvalue weighted by Gasteiger charge is 2.04. The van der Waals surface area contributed by atoms with Crippen molar-refractivity contribution in [1.82, 2.24) is 0 Å². The number of nitrogens with one attached hydrogen (secondary N) is 1. The van der Waals surface area contributed by atoms with Crippen molar-refractivity contribution in [3.8, 4) is 5.75 Å². The zero-order valence-corrected chi connectivity index (χ0v) is 8.76. The van der Waals surface area contributed by atoms with Crippen molar-refractivity contribution in [2.45, 2.75) is 0 Å². The summed E-state index contributed by atoms with van der Waals surface area (Å²) in [6.07, 6.45) is -1.30. The van der Waals surface area contributed by atoms with Gasteiger partial charge in [0.05, 0.1) is 12.8 Å². The van der Waals surface area contributed by atoms with Gasteiger partial charge in [-0.15, -0.1) is 11.3 Å². The van der Waals surface area contributed by atoms with Gasteiger partial charge in [-0.05, 0) is 18.2 Å². The molecule has 1 N–H and O–H groups in total. The number of rotatable bonds is 2. The van der Waals surface area contributed by atoms with Crippen LogP contribution >= 0.6 is 11.3 Å². The SMILES string of the molecule is COc1ccc2c(NC(=O)[O-])csc2c1. The molecule has 1 aromatic heterocycles. The van der Waals surface area contributed by atoms with Crippen LogP contribution in [-0.4, -0.2) is 13.2 Å². The fourth-order valence-electron chi connectivity index (χ4n) is 1.34. The first-order valence-electron chi connectivity index (χ1n) is 4.24. The topological polar surface area (TPSA) is 61.4 Å². The van der Waals surface area contributed by atoms with E-state index in [1.54, 1.807) is 18.6 Å². The molecule has 0 spiro atoms. The van der Waals surface area contributed by atoms with Gasteiger partial charge in [-0.2, -0.15) is 0 Å². The van der Waals surface area contributed by atoms with E-state index in [4.69, 9.17) is 4.74 Å². The minimum Gasteiger partial charge on any atom is -0.530 e. The number of carboxylic acid groups (broad SMARTS) is 1. The van der Waals surface area contributed by atoms with Crippen molar-refractivity contribution in [2.24, 2.45) is 0 Å². The van der Waals surface area contributed by atoms with Gasteiger partial charge in [0.25, 0.3) is 0 Å². The molecular weight excluding hydrogens is 214 g/mol. The number of thiophene rings is 1. The van der Waals surface area contributed by atoms with Gasteiger partial charge in [0.15, 0.2) is 0 Å². The van der Waals surface area contributed by atoms with Gasteiger partial charge in [-0.1, -0.05) is 0 Å². The third-order valence-corrected chi connectivity index (χ3v) is 2.96. The molecule has 0 saturated heterocycles. The number of carbonyl (C=O) groups excluding carboxylic acids is 1. The van der Waals surface area contributed by atoms with Crippen molar-refractivity contribution >= 4 is 33.2 Å². The van der Waals surface area contributed by atoms with E-state index >= 15 is 0 Å². The molecule has 0 aliphatic carbocycles. The summed E-state index contributed by atoms with van der Waals surface area (Å²) in [5.74, 6) is 0.754. The second-order valence-electron chi connectivity index (χ2n) is 2.92. The van der Waals surface area contributed by atoms with Crippen LogP contribution in [0.1, 0.15) is 0 Å². The highest BCUT2D eigenvalue weighted by Crippen LogP contribution is 2.32. The van der Waals surface area contributed by atoms with Crippen molar-refractivity contribution < 1.29 is 14.6 Å². The smallest absolute Gasteiger partial charge is 0.138 e. The van der Waals surface area contributed by atoms with Gasteiger partial charge in [-0.3, -0.25) is 0 Å². The number of ether oxygens (including phenoxy) is 1. The van der Waals surface area contributed by atoms with Gasteiger partial charge in [-0.25, -0.2) is 0 Å². The molecule has 0 atom stereocenters. The number of methoxy groups -OCH3 is 1. The summed E-state index contributed by atoms with van der Waals surface area (Å²) in [6.45, 7) is 0. The fourth-order valence-corrected chi connectivity index (χ4v) is 2.26. The molecule has 2 aromatic rings.